The van der Waals surface area contributed by atoms with E-state index in [0.717, 1.165) is 11.8 Å². The predicted molar refractivity (Wildman–Crippen MR) is 64.2 cm³/mol. The van der Waals surface area contributed by atoms with Gasteiger partial charge in [0.25, 0.3) is 0 Å². The highest BCUT2D eigenvalue weighted by Gasteiger charge is 2.87. The Hall–Kier alpha value is -0.0400. The number of fused-ring (bicyclic) bond motifs is 2. The molecule has 4 aliphatic rings. The highest BCUT2D eigenvalue weighted by atomic mass is 16.6. The third kappa shape index (κ3) is 0.652. The quantitative estimate of drug-likeness (QED) is 0.566. The van der Waals surface area contributed by atoms with Crippen LogP contribution in [0.5, 0.6) is 0 Å². The van der Waals surface area contributed by atoms with Gasteiger partial charge in [-0.25, -0.2) is 0 Å². The molecule has 0 N–H and O–H groups in total. The zero-order valence-electron chi connectivity index (χ0n) is 11.1. The standard InChI is InChI=1S/C15H24O/c1-10-5-8-15-13(4)7-6-11(12(13,2)3)9-14(10,15)16-15/h10-11H,5-9H2,1-4H3/t10-,11-,13-,14+,15+/m0/s1. The molecule has 3 saturated carbocycles. The summed E-state index contributed by atoms with van der Waals surface area (Å²) in [7, 11) is 0. The van der Waals surface area contributed by atoms with Crippen molar-refractivity contribution in [2.45, 2.75) is 71.0 Å². The molecular weight excluding hydrogens is 196 g/mol. The first-order valence-corrected chi connectivity index (χ1v) is 7.10. The van der Waals surface area contributed by atoms with Crippen molar-refractivity contribution in [1.82, 2.24) is 0 Å². The minimum atomic E-state index is 0.288. The van der Waals surface area contributed by atoms with Crippen molar-refractivity contribution in [2.75, 3.05) is 0 Å². The zero-order valence-corrected chi connectivity index (χ0v) is 11.1. The first-order chi connectivity index (χ1) is 7.40. The molecule has 2 bridgehead atoms. The van der Waals surface area contributed by atoms with Crippen molar-refractivity contribution in [3.05, 3.63) is 0 Å². The minimum absolute atomic E-state index is 0.288. The van der Waals surface area contributed by atoms with Crippen molar-refractivity contribution in [3.8, 4) is 0 Å². The summed E-state index contributed by atoms with van der Waals surface area (Å²) in [5.41, 5.74) is 1.55. The van der Waals surface area contributed by atoms with Gasteiger partial charge in [-0.05, 0) is 49.4 Å². The fraction of sp³-hybridized carbons (Fsp3) is 1.00. The van der Waals surface area contributed by atoms with Crippen LogP contribution in [0.4, 0.5) is 0 Å². The molecule has 4 fully saturated rings. The first-order valence-electron chi connectivity index (χ1n) is 7.10. The van der Waals surface area contributed by atoms with E-state index in [4.69, 9.17) is 4.74 Å². The Labute approximate surface area is 98.9 Å². The van der Waals surface area contributed by atoms with Crippen molar-refractivity contribution < 1.29 is 4.74 Å². The molecule has 0 unspecified atom stereocenters. The summed E-state index contributed by atoms with van der Waals surface area (Å²) in [5, 5.41) is 0. The number of epoxide rings is 1. The van der Waals surface area contributed by atoms with Crippen LogP contribution in [-0.2, 0) is 4.74 Å². The lowest BCUT2D eigenvalue weighted by Crippen LogP contribution is -2.52. The molecule has 1 aliphatic heterocycles. The lowest BCUT2D eigenvalue weighted by molar-refractivity contribution is -0.00909. The molecule has 0 aromatic rings. The molecule has 1 heterocycles. The van der Waals surface area contributed by atoms with Crippen LogP contribution in [0, 0.1) is 22.7 Å². The average Bonchev–Trinajstić information content (AvgIpc) is 2.77. The molecule has 0 aromatic heterocycles. The number of hydrogen-bond acceptors (Lipinski definition) is 1. The van der Waals surface area contributed by atoms with Crippen LogP contribution in [0.3, 0.4) is 0 Å². The Morgan fingerprint density at radius 1 is 1.06 bits per heavy atom. The third-order valence-corrected chi connectivity index (χ3v) is 7.60. The highest BCUT2D eigenvalue weighted by molar-refractivity contribution is 5.35. The van der Waals surface area contributed by atoms with Gasteiger partial charge < -0.3 is 4.74 Å². The van der Waals surface area contributed by atoms with Crippen LogP contribution in [0.15, 0.2) is 0 Å². The van der Waals surface area contributed by atoms with Crippen molar-refractivity contribution in [1.29, 1.82) is 0 Å². The fourth-order valence-electron chi connectivity index (χ4n) is 6.00. The van der Waals surface area contributed by atoms with E-state index >= 15 is 0 Å². The summed E-state index contributed by atoms with van der Waals surface area (Å²) in [6.07, 6.45) is 6.94. The molecule has 5 atom stereocenters. The molecule has 0 radical (unpaired) electrons. The summed E-state index contributed by atoms with van der Waals surface area (Å²) in [6, 6.07) is 0. The van der Waals surface area contributed by atoms with Crippen LogP contribution in [0.25, 0.3) is 0 Å². The van der Waals surface area contributed by atoms with Crippen molar-refractivity contribution >= 4 is 0 Å². The lowest BCUT2D eigenvalue weighted by Gasteiger charge is -2.50. The molecule has 0 spiro atoms. The van der Waals surface area contributed by atoms with E-state index in [9.17, 15) is 0 Å². The molecule has 1 heteroatoms. The molecule has 90 valence electrons. The lowest BCUT2D eigenvalue weighted by atomic mass is 9.51. The Morgan fingerprint density at radius 2 is 1.81 bits per heavy atom. The molecule has 16 heavy (non-hydrogen) atoms. The van der Waals surface area contributed by atoms with Crippen LogP contribution in [0.1, 0.15) is 59.8 Å². The highest BCUT2D eigenvalue weighted by Crippen LogP contribution is 2.83. The second-order valence-electron chi connectivity index (χ2n) is 7.75. The van der Waals surface area contributed by atoms with E-state index in [-0.39, 0.29) is 5.60 Å². The zero-order chi connectivity index (χ0) is 11.4. The van der Waals surface area contributed by atoms with E-state index in [1.165, 1.54) is 32.1 Å². The summed E-state index contributed by atoms with van der Waals surface area (Å²) in [5.74, 6) is 1.72. The SMILES string of the molecule is C[C@H]1CC[C@]23O[C@]12C[C@@H]1CC[C@@]3(C)C1(C)C. The van der Waals surface area contributed by atoms with Gasteiger partial charge in [0.15, 0.2) is 0 Å². The predicted octanol–water partition coefficient (Wildman–Crippen LogP) is 3.77. The third-order valence-electron chi connectivity index (χ3n) is 7.60. The molecule has 1 nitrogen and oxygen atoms in total. The Morgan fingerprint density at radius 3 is 2.56 bits per heavy atom. The van der Waals surface area contributed by atoms with Gasteiger partial charge in [-0.2, -0.15) is 0 Å². The summed E-state index contributed by atoms with van der Waals surface area (Å²) in [4.78, 5) is 0. The van der Waals surface area contributed by atoms with Gasteiger partial charge in [0.2, 0.25) is 0 Å². The van der Waals surface area contributed by atoms with Crippen LogP contribution < -0.4 is 0 Å². The number of ether oxygens (including phenoxy) is 1. The summed E-state index contributed by atoms with van der Waals surface area (Å²) < 4.78 is 6.47. The van der Waals surface area contributed by atoms with Gasteiger partial charge in [-0.1, -0.05) is 27.7 Å². The van der Waals surface area contributed by atoms with E-state index in [1.54, 1.807) is 0 Å². The van der Waals surface area contributed by atoms with Gasteiger partial charge in [0.1, 0.15) is 11.2 Å². The maximum Gasteiger partial charge on any atom is 0.104 e. The maximum atomic E-state index is 6.47. The molecular formula is C15H24O. The van der Waals surface area contributed by atoms with Gasteiger partial charge in [0.05, 0.1) is 0 Å². The van der Waals surface area contributed by atoms with Crippen LogP contribution in [-0.4, -0.2) is 11.2 Å². The molecule has 1 saturated heterocycles. The van der Waals surface area contributed by atoms with Crippen molar-refractivity contribution in [2.24, 2.45) is 22.7 Å². The normalized spacial score (nSPS) is 65.2. The second-order valence-corrected chi connectivity index (χ2v) is 7.75. The monoisotopic (exact) mass is 220 g/mol. The van der Waals surface area contributed by atoms with Crippen molar-refractivity contribution in [3.63, 3.8) is 0 Å². The Bertz CT molecular complexity index is 374. The maximum absolute atomic E-state index is 6.47. The summed E-state index contributed by atoms with van der Waals surface area (Å²) in [6.45, 7) is 9.98. The van der Waals surface area contributed by atoms with Gasteiger partial charge in [-0.3, -0.25) is 0 Å². The Kier molecular flexibility index (Phi) is 1.40. The fourth-order valence-corrected chi connectivity index (χ4v) is 6.00. The van der Waals surface area contributed by atoms with Crippen LogP contribution in [0.2, 0.25) is 0 Å². The van der Waals surface area contributed by atoms with E-state index in [0.29, 0.717) is 16.4 Å². The smallest absolute Gasteiger partial charge is 0.104 e. The largest absolute Gasteiger partial charge is 0.362 e. The minimum Gasteiger partial charge on any atom is -0.362 e. The van der Waals surface area contributed by atoms with Crippen LogP contribution >= 0.6 is 0 Å². The molecule has 0 amide bonds. The van der Waals surface area contributed by atoms with E-state index in [1.807, 2.05) is 0 Å². The average molecular weight is 220 g/mol. The van der Waals surface area contributed by atoms with Gasteiger partial charge in [0, 0.05) is 5.41 Å². The second kappa shape index (κ2) is 2.25. The van der Waals surface area contributed by atoms with E-state index < -0.39 is 0 Å². The molecule has 4 rings (SSSR count). The topological polar surface area (TPSA) is 12.5 Å². The van der Waals surface area contributed by atoms with Gasteiger partial charge >= 0.3 is 0 Å². The molecule has 3 aliphatic carbocycles. The Balaban J connectivity index is 1.90. The number of rotatable bonds is 0. The first kappa shape index (κ1) is 9.94. The molecule has 0 aromatic carbocycles. The number of hydrogen-bond donors (Lipinski definition) is 0. The van der Waals surface area contributed by atoms with Gasteiger partial charge in [-0.15, -0.1) is 0 Å². The summed E-state index contributed by atoms with van der Waals surface area (Å²) >= 11 is 0. The van der Waals surface area contributed by atoms with E-state index in [2.05, 4.69) is 27.7 Å².